The minimum absolute atomic E-state index is 0. The Bertz CT molecular complexity index is 24.5. The predicted molar refractivity (Wildman–Crippen MR) is 19.4 cm³/mol. The summed E-state index contributed by atoms with van der Waals surface area (Å²) in [4.78, 5) is 0. The van der Waals surface area contributed by atoms with Crippen molar-refractivity contribution < 1.29 is 77.8 Å². The summed E-state index contributed by atoms with van der Waals surface area (Å²) in [5.41, 5.74) is 0. The van der Waals surface area contributed by atoms with Crippen molar-refractivity contribution in [2.75, 3.05) is 0 Å². The first-order valence-electron chi connectivity index (χ1n) is 0. The molecule has 9 heteroatoms. The summed E-state index contributed by atoms with van der Waals surface area (Å²) in [5, 5.41) is 0. The Kier molecular flexibility index (Phi) is 1050. The largest absolute Gasteiger partial charge is 5.00 e. The molecule has 0 saturated carbocycles. The second-order valence-electron chi connectivity index (χ2n) is 0. The van der Waals surface area contributed by atoms with Crippen molar-refractivity contribution in [3.05, 3.63) is 0 Å². The predicted octanol–water partition coefficient (Wildman–Crippen LogP) is -0.911. The Morgan fingerprint density at radius 1 is 0.444 bits per heavy atom. The van der Waals surface area contributed by atoms with Gasteiger partial charge in [-0.2, -0.15) is 0 Å². The van der Waals surface area contributed by atoms with Gasteiger partial charge in [0, 0.05) is 0 Å². The molecule has 0 unspecified atom stereocenters. The van der Waals surface area contributed by atoms with E-state index in [-0.39, 0.29) is 169 Å². The van der Waals surface area contributed by atoms with Crippen molar-refractivity contribution in [1.82, 2.24) is 0 Å². The smallest absolute Gasteiger partial charge is 2.00 e. The second kappa shape index (κ2) is 86.0. The van der Waals surface area contributed by atoms with Gasteiger partial charge in [0.2, 0.25) is 0 Å². The summed E-state index contributed by atoms with van der Waals surface area (Å²) >= 11 is 0. The number of hydrogen-bond acceptors (Lipinski definition) is 0. The van der Waals surface area contributed by atoms with Crippen LogP contribution in [0.25, 0.3) is 0 Å². The number of rotatable bonds is 0. The fourth-order valence-corrected chi connectivity index (χ4v) is 0. The van der Waals surface area contributed by atoms with Crippen molar-refractivity contribution in [2.24, 2.45) is 0 Å². The zero-order chi connectivity index (χ0) is 0. The molecule has 0 atom stereocenters. The fourth-order valence-electron chi connectivity index (χ4n) is 0. The van der Waals surface area contributed by atoms with Crippen LogP contribution in [0.4, 0.5) is 0 Å². The first kappa shape index (κ1) is 110. The molecule has 0 N–H and O–H groups in total. The van der Waals surface area contributed by atoms with E-state index in [1.165, 1.54) is 0 Å². The molecule has 48 valence electrons. The van der Waals surface area contributed by atoms with E-state index >= 15 is 0 Å². The maximum absolute atomic E-state index is 0. The molecular formula is H4Nb2O5Sr2. The Balaban J connectivity index is 0. The molecule has 0 aromatic heterocycles. The third-order valence-electron chi connectivity index (χ3n) is 0. The maximum atomic E-state index is 0. The molecule has 0 aromatic carbocycles. The SMILES string of the molecule is [H-].[H-].[H-].[H-].[Nb+5].[Nb+5].[O-2].[O-2].[O-2].[O-2].[O-2].[Sr+2].[Sr+2]. The first-order valence-corrected chi connectivity index (χ1v) is 0. The van der Waals surface area contributed by atoms with Crippen molar-refractivity contribution in [3.8, 4) is 0 Å². The molecule has 0 aromatic rings. The number of hydrogen-bond donors (Lipinski definition) is 0. The summed E-state index contributed by atoms with van der Waals surface area (Å²) in [7, 11) is 0. The van der Waals surface area contributed by atoms with E-state index in [1.54, 1.807) is 0 Å². The van der Waals surface area contributed by atoms with Crippen LogP contribution in [0.15, 0.2) is 0 Å². The van der Waals surface area contributed by atoms with Gasteiger partial charge in [-0.25, -0.2) is 0 Å². The Hall–Kier alpha value is 4.24. The van der Waals surface area contributed by atoms with Crippen LogP contribution in [-0.2, 0) is 72.1 Å². The van der Waals surface area contributed by atoms with Crippen LogP contribution in [0.5, 0.6) is 0 Å². The van der Waals surface area contributed by atoms with Crippen molar-refractivity contribution in [3.63, 3.8) is 0 Å². The molecule has 0 heterocycles. The van der Waals surface area contributed by atoms with Crippen LogP contribution in [0.1, 0.15) is 5.71 Å². The van der Waals surface area contributed by atoms with Crippen LogP contribution < -0.4 is 0 Å². The molecule has 9 heavy (non-hydrogen) atoms. The zero-order valence-corrected chi connectivity index (χ0v) is 15.7. The molecule has 0 radical (unpaired) electrons. The van der Waals surface area contributed by atoms with Gasteiger partial charge in [-0.15, -0.1) is 0 Å². The quantitative estimate of drug-likeness (QED) is 0.426. The molecule has 0 spiro atoms. The minimum atomic E-state index is 0. The zero-order valence-electron chi connectivity index (χ0n) is 8.35. The van der Waals surface area contributed by atoms with E-state index in [1.807, 2.05) is 0 Å². The van der Waals surface area contributed by atoms with Crippen molar-refractivity contribution in [2.45, 2.75) is 0 Å². The van der Waals surface area contributed by atoms with Crippen molar-refractivity contribution >= 4 is 91.0 Å². The molecule has 5 nitrogen and oxygen atoms in total. The minimum Gasteiger partial charge on any atom is -2.00 e. The van der Waals surface area contributed by atoms with Gasteiger partial charge < -0.3 is 33.1 Å². The van der Waals surface area contributed by atoms with Crippen LogP contribution >= 0.6 is 0 Å². The summed E-state index contributed by atoms with van der Waals surface area (Å²) in [5.74, 6) is 0. The van der Waals surface area contributed by atoms with E-state index < -0.39 is 0 Å². The standard InChI is InChI=1S/2Nb.5O.2Sr.4H/q2*+5;5*-2;2*+2;4*-1. The van der Waals surface area contributed by atoms with Gasteiger partial charge in [0.15, 0.2) is 0 Å². The van der Waals surface area contributed by atoms with Gasteiger partial charge in [-0.05, 0) is 0 Å². The Labute approximate surface area is 165 Å². The summed E-state index contributed by atoms with van der Waals surface area (Å²) < 4.78 is 0. The van der Waals surface area contributed by atoms with Gasteiger partial charge >= 0.3 is 136 Å². The molecular weight excluding hydrogens is 441 g/mol. The van der Waals surface area contributed by atoms with Crippen LogP contribution in [0.2, 0.25) is 0 Å². The molecule has 0 rings (SSSR count). The van der Waals surface area contributed by atoms with E-state index in [9.17, 15) is 0 Å². The molecule has 0 amide bonds. The van der Waals surface area contributed by atoms with Crippen LogP contribution in [0.3, 0.4) is 0 Å². The third-order valence-corrected chi connectivity index (χ3v) is 0. The summed E-state index contributed by atoms with van der Waals surface area (Å²) in [6, 6.07) is 0. The third kappa shape index (κ3) is 71.4. The Morgan fingerprint density at radius 3 is 0.444 bits per heavy atom. The van der Waals surface area contributed by atoms with Gasteiger partial charge in [0.1, 0.15) is 0 Å². The summed E-state index contributed by atoms with van der Waals surface area (Å²) in [6.07, 6.45) is 0. The molecule has 0 aliphatic carbocycles. The molecule has 0 aliphatic rings. The molecule has 0 saturated heterocycles. The van der Waals surface area contributed by atoms with Gasteiger partial charge in [-0.3, -0.25) is 0 Å². The normalized spacial score (nSPS) is 0. The van der Waals surface area contributed by atoms with E-state index in [2.05, 4.69) is 0 Å². The molecule has 0 bridgehead atoms. The van der Waals surface area contributed by atoms with Gasteiger partial charge in [0.05, 0.1) is 0 Å². The van der Waals surface area contributed by atoms with Crippen LogP contribution in [-0.4, -0.2) is 91.0 Å². The van der Waals surface area contributed by atoms with E-state index in [0.29, 0.717) is 0 Å². The van der Waals surface area contributed by atoms with E-state index in [4.69, 9.17) is 0 Å². The van der Waals surface area contributed by atoms with Gasteiger partial charge in [0.25, 0.3) is 0 Å². The monoisotopic (exact) mass is 446 g/mol. The average Bonchev–Trinajstić information content (AvgIpc) is 0. The van der Waals surface area contributed by atoms with Crippen LogP contribution in [0, 0.1) is 0 Å². The van der Waals surface area contributed by atoms with Crippen molar-refractivity contribution in [1.29, 1.82) is 0 Å². The van der Waals surface area contributed by atoms with E-state index in [0.717, 1.165) is 0 Å². The average molecular weight is 445 g/mol. The topological polar surface area (TPSA) is 142 Å². The fraction of sp³-hybridized carbons (Fsp3) is 0. The molecule has 0 aliphatic heterocycles. The second-order valence-corrected chi connectivity index (χ2v) is 0. The summed E-state index contributed by atoms with van der Waals surface area (Å²) in [6.45, 7) is 0. The first-order chi connectivity index (χ1) is 0. The Morgan fingerprint density at radius 2 is 0.444 bits per heavy atom. The molecule has 0 fully saturated rings. The van der Waals surface area contributed by atoms with Gasteiger partial charge in [-0.1, -0.05) is 0 Å². The maximum Gasteiger partial charge on any atom is 5.00 e.